The van der Waals surface area contributed by atoms with Gasteiger partial charge in [-0.25, -0.2) is 31.4 Å². The predicted molar refractivity (Wildman–Crippen MR) is 279 cm³/mol. The van der Waals surface area contributed by atoms with Crippen molar-refractivity contribution in [3.8, 4) is 33.9 Å². The Morgan fingerprint density at radius 2 is 1.04 bits per heavy atom. The minimum absolute atomic E-state index is 0.00338. The number of sulfonamides is 2. The summed E-state index contributed by atoms with van der Waals surface area (Å²) >= 11 is 0. The molecule has 2 aliphatic rings. The highest BCUT2D eigenvalue weighted by atomic mass is 32.2. The van der Waals surface area contributed by atoms with E-state index in [-0.39, 0.29) is 61.6 Å². The fraction of sp³-hybridized carbons (Fsp3) is 0.118. The number of aromatic hydroxyl groups is 2. The van der Waals surface area contributed by atoms with Gasteiger partial charge < -0.3 is 30.2 Å². The first-order valence-electron chi connectivity index (χ1n) is 22.2. The summed E-state index contributed by atoms with van der Waals surface area (Å²) in [6.07, 6.45) is 0. The molecule has 0 radical (unpaired) electrons. The molecule has 394 valence electrons. The number of phenols is 2. The average molecular weight is 1110 g/mol. The Balaban J connectivity index is 1.33. The Labute approximate surface area is 434 Å². The van der Waals surface area contributed by atoms with Gasteiger partial charge in [0.05, 0.1) is 33.5 Å². The number of nitrogens with one attached hydrogen (secondary N) is 3. The first-order chi connectivity index (χ1) is 35.4. The van der Waals surface area contributed by atoms with E-state index in [2.05, 4.69) is 19.8 Å². The summed E-state index contributed by atoms with van der Waals surface area (Å²) in [6, 6.07) is 20.7. The summed E-state index contributed by atoms with van der Waals surface area (Å²) in [6.45, 7) is 9.57. The van der Waals surface area contributed by atoms with E-state index >= 15 is 0 Å². The molecule has 76 heavy (non-hydrogen) atoms. The maximum Gasteiger partial charge on any atom is 0.335 e. The van der Waals surface area contributed by atoms with Gasteiger partial charge in [0.1, 0.15) is 42.4 Å². The van der Waals surface area contributed by atoms with E-state index in [4.69, 9.17) is 4.42 Å². The third-order valence-electron chi connectivity index (χ3n) is 12.4. The van der Waals surface area contributed by atoms with E-state index < -0.39 is 94.2 Å². The maximum absolute atomic E-state index is 13.7. The molecule has 0 unspecified atom stereocenters. The van der Waals surface area contributed by atoms with Crippen LogP contribution in [-0.4, -0.2) is 75.1 Å². The van der Waals surface area contributed by atoms with Crippen LogP contribution in [-0.2, 0) is 40.3 Å². The van der Waals surface area contributed by atoms with E-state index in [1.54, 1.807) is 46.8 Å². The number of fused-ring (bicyclic) bond motifs is 2. The van der Waals surface area contributed by atoms with Crippen molar-refractivity contribution in [2.75, 3.05) is 14.8 Å². The Hall–Kier alpha value is -8.33. The van der Waals surface area contributed by atoms with Gasteiger partial charge in [0.25, 0.3) is 40.3 Å². The molecular formula is C51H44N4O17S4. The maximum atomic E-state index is 13.7. The van der Waals surface area contributed by atoms with Crippen molar-refractivity contribution in [3.05, 3.63) is 153 Å². The number of carboxylic acid groups (broad SMARTS) is 2. The van der Waals surface area contributed by atoms with Crippen molar-refractivity contribution in [2.45, 2.75) is 61.1 Å². The normalized spacial score (nSPS) is 12.5. The fourth-order valence-corrected chi connectivity index (χ4v) is 12.8. The highest BCUT2D eigenvalue weighted by Gasteiger charge is 2.29. The van der Waals surface area contributed by atoms with Crippen molar-refractivity contribution >= 4 is 91.6 Å². The molecule has 25 heteroatoms. The van der Waals surface area contributed by atoms with Crippen molar-refractivity contribution in [2.24, 2.45) is 4.99 Å². The van der Waals surface area contributed by atoms with Crippen molar-refractivity contribution < 1.29 is 77.2 Å². The third-order valence-corrected chi connectivity index (χ3v) is 16.9. The lowest BCUT2D eigenvalue weighted by Gasteiger charge is -2.21. The zero-order valence-electron chi connectivity index (χ0n) is 40.6. The molecule has 0 bridgehead atoms. The minimum Gasteiger partial charge on any atom is -0.507 e. The second-order valence-corrected chi connectivity index (χ2v) is 23.7. The van der Waals surface area contributed by atoms with Crippen LogP contribution in [0.2, 0.25) is 0 Å². The van der Waals surface area contributed by atoms with E-state index in [0.29, 0.717) is 39.2 Å². The third kappa shape index (κ3) is 10.3. The lowest BCUT2D eigenvalue weighted by atomic mass is 9.93. The van der Waals surface area contributed by atoms with E-state index in [1.165, 1.54) is 43.3 Å². The van der Waals surface area contributed by atoms with Crippen LogP contribution < -0.4 is 20.1 Å². The quantitative estimate of drug-likeness (QED) is 0.0362. The molecule has 1 heterocycles. The van der Waals surface area contributed by atoms with Crippen LogP contribution in [0, 0.1) is 41.5 Å². The van der Waals surface area contributed by atoms with E-state index in [1.807, 2.05) is 0 Å². The van der Waals surface area contributed by atoms with Gasteiger partial charge in [-0.05, 0) is 136 Å². The van der Waals surface area contributed by atoms with Crippen molar-refractivity contribution in [3.63, 3.8) is 0 Å². The number of hydrogen-bond donors (Lipinski definition) is 9. The highest BCUT2D eigenvalue weighted by molar-refractivity contribution is 7.93. The van der Waals surface area contributed by atoms with Crippen LogP contribution in [0.3, 0.4) is 0 Å². The van der Waals surface area contributed by atoms with Gasteiger partial charge in [-0.3, -0.25) is 18.5 Å². The molecule has 8 rings (SSSR count). The molecule has 0 saturated carbocycles. The second kappa shape index (κ2) is 19.4. The number of carboxylic acids is 2. The lowest BCUT2D eigenvalue weighted by molar-refractivity contribution is 0.0685. The lowest BCUT2D eigenvalue weighted by Crippen LogP contribution is -2.17. The molecule has 1 aliphatic heterocycles. The van der Waals surface area contributed by atoms with E-state index in [9.17, 15) is 72.8 Å². The fourth-order valence-electron chi connectivity index (χ4n) is 8.87. The molecule has 0 spiro atoms. The Morgan fingerprint density at radius 1 is 0.526 bits per heavy atom. The van der Waals surface area contributed by atoms with Gasteiger partial charge in [0, 0.05) is 45.6 Å². The molecule has 21 nitrogen and oxygen atoms in total. The Bertz CT molecular complexity index is 4350. The summed E-state index contributed by atoms with van der Waals surface area (Å²) < 4.78 is 140. The molecular weight excluding hydrogens is 1070 g/mol. The number of hydrogen-bond acceptors (Lipinski definition) is 15. The molecule has 9 N–H and O–H groups in total. The van der Waals surface area contributed by atoms with Crippen LogP contribution >= 0.6 is 0 Å². The van der Waals surface area contributed by atoms with Gasteiger partial charge in [0.2, 0.25) is 0 Å². The standard InChI is InChI=1S/C51H44N4O17S4/c1-24-17-26(3)48(54-73(62,63)43-19-30(50(58)59)11-15-37(43)56)28(5)46(24)52-32-13-14-33-39(21-32)72-40-23-36(42(76(69,70)71)22-35(40)45(33)34-9-7-8-10-41(34)75(66,67)68)53-47-25(2)18-27(4)49(29(47)6)55-74(64,65)44-20-31(51(60)61)12-16-38(44)57/h7-23,52,54-57H,1-6H3,(H,58,59)(H,60,61)(H,66,67,68)(H,69,70,71). The van der Waals surface area contributed by atoms with Gasteiger partial charge >= 0.3 is 11.9 Å². The Kier molecular flexibility index (Phi) is 13.8. The number of rotatable bonds is 14. The summed E-state index contributed by atoms with van der Waals surface area (Å²) in [5, 5.41) is 42.9. The van der Waals surface area contributed by atoms with Gasteiger partial charge in [0.15, 0.2) is 0 Å². The van der Waals surface area contributed by atoms with Crippen LogP contribution in [0.5, 0.6) is 11.5 Å². The second-order valence-electron chi connectivity index (χ2n) is 17.6. The smallest absolute Gasteiger partial charge is 0.335 e. The number of phenolic OH excluding ortho intramolecular Hbond substituents is 2. The summed E-state index contributed by atoms with van der Waals surface area (Å²) in [4.78, 5) is 25.1. The molecule has 0 saturated heterocycles. The summed E-state index contributed by atoms with van der Waals surface area (Å²) in [7, 11) is -19.5. The number of benzene rings is 7. The van der Waals surface area contributed by atoms with Gasteiger partial charge in [-0.1, -0.05) is 30.3 Å². The van der Waals surface area contributed by atoms with Gasteiger partial charge in [-0.15, -0.1) is 0 Å². The summed E-state index contributed by atoms with van der Waals surface area (Å²) in [5.41, 5.74) is 2.00. The number of nitrogens with zero attached hydrogens (tertiary/aromatic N) is 1. The van der Waals surface area contributed by atoms with Crippen LogP contribution in [0.25, 0.3) is 33.4 Å². The largest absolute Gasteiger partial charge is 0.507 e. The zero-order chi connectivity index (χ0) is 55.7. The average Bonchev–Trinajstić information content (AvgIpc) is 3.33. The van der Waals surface area contributed by atoms with Crippen LogP contribution in [0.15, 0.2) is 132 Å². The minimum atomic E-state index is -5.23. The SMILES string of the molecule is Cc1cc(C)c(NS(=O)(=O)c2cc(C(=O)O)ccc2O)c(C)c1N=c1cc2oc3cc(Nc4c(C)cc(C)c(NS(=O)(=O)c5cc(C(=O)O)ccc5O)c4C)ccc3c(-c3ccccc3S(=O)(=O)O)c-2cc1S(=O)(=O)O. The molecule has 6 aromatic rings. The molecule has 0 atom stereocenters. The number of aromatic carboxylic acids is 2. The first kappa shape index (κ1) is 53.9. The highest BCUT2D eigenvalue weighted by Crippen LogP contribution is 2.45. The monoisotopic (exact) mass is 1110 g/mol. The van der Waals surface area contributed by atoms with Crippen molar-refractivity contribution in [1.29, 1.82) is 0 Å². The topological polar surface area (TPSA) is 354 Å². The molecule has 6 aromatic carbocycles. The Morgan fingerprint density at radius 3 is 1.58 bits per heavy atom. The summed E-state index contributed by atoms with van der Waals surface area (Å²) in [5.74, 6) is -4.48. The van der Waals surface area contributed by atoms with Crippen molar-refractivity contribution in [1.82, 2.24) is 0 Å². The first-order valence-corrected chi connectivity index (χ1v) is 28.0. The van der Waals surface area contributed by atoms with E-state index in [0.717, 1.165) is 54.6 Å². The van der Waals surface area contributed by atoms with Crippen LogP contribution in [0.1, 0.15) is 54.1 Å². The predicted octanol–water partition coefficient (Wildman–Crippen LogP) is 8.93. The zero-order valence-corrected chi connectivity index (χ0v) is 43.8. The molecule has 0 amide bonds. The molecule has 0 aromatic heterocycles. The number of anilines is 4. The number of aryl methyl sites for hydroxylation is 4. The molecule has 1 aliphatic carbocycles. The molecule has 0 fully saturated rings. The number of carbonyl (C=O) groups is 2. The van der Waals surface area contributed by atoms with Crippen LogP contribution in [0.4, 0.5) is 28.4 Å². The van der Waals surface area contributed by atoms with Gasteiger partial charge in [-0.2, -0.15) is 16.8 Å².